The van der Waals surface area contributed by atoms with Gasteiger partial charge < -0.3 is 11.2 Å². The molecule has 5 nitrogen and oxygen atoms in total. The number of anilines is 2. The van der Waals surface area contributed by atoms with Crippen LogP contribution in [0, 0.1) is 11.3 Å². The molecule has 0 radical (unpaired) electrons. The van der Waals surface area contributed by atoms with Crippen LogP contribution in [0.1, 0.15) is 25.0 Å². The van der Waals surface area contributed by atoms with Gasteiger partial charge in [0.15, 0.2) is 5.69 Å². The number of nitrogens with zero attached hydrogens (tertiary/aromatic N) is 3. The minimum absolute atomic E-state index is 0.280. The SMILES string of the molecule is N#Cc1nc(NN2CCCCC2)ccc1N. The molecule has 3 N–H and O–H groups in total. The van der Waals surface area contributed by atoms with Gasteiger partial charge in [0.1, 0.15) is 11.9 Å². The molecule has 2 heterocycles. The zero-order valence-electron chi connectivity index (χ0n) is 9.11. The van der Waals surface area contributed by atoms with Crippen molar-refractivity contribution in [1.82, 2.24) is 9.99 Å². The maximum absolute atomic E-state index is 8.81. The van der Waals surface area contributed by atoms with E-state index in [0.29, 0.717) is 11.5 Å². The standard InChI is InChI=1S/C11H15N5/c12-8-10-9(13)4-5-11(14-10)15-16-6-2-1-3-7-16/h4-5H,1-3,6-7,13H2,(H,14,15). The first kappa shape index (κ1) is 10.7. The Morgan fingerprint density at radius 1 is 1.31 bits per heavy atom. The number of nitrogens with one attached hydrogen (secondary N) is 1. The third kappa shape index (κ3) is 2.41. The van der Waals surface area contributed by atoms with Gasteiger partial charge in [0.2, 0.25) is 0 Å². The summed E-state index contributed by atoms with van der Waals surface area (Å²) < 4.78 is 0. The molecule has 1 aromatic heterocycles. The van der Waals surface area contributed by atoms with Gasteiger partial charge in [0.05, 0.1) is 5.69 Å². The van der Waals surface area contributed by atoms with E-state index >= 15 is 0 Å². The Labute approximate surface area is 94.8 Å². The Morgan fingerprint density at radius 2 is 2.06 bits per heavy atom. The van der Waals surface area contributed by atoms with E-state index in [-0.39, 0.29) is 5.69 Å². The highest BCUT2D eigenvalue weighted by Crippen LogP contribution is 2.14. The van der Waals surface area contributed by atoms with Gasteiger partial charge in [0.25, 0.3) is 0 Å². The van der Waals surface area contributed by atoms with Crippen molar-refractivity contribution in [2.24, 2.45) is 0 Å². The number of piperidine rings is 1. The molecule has 0 atom stereocenters. The first-order chi connectivity index (χ1) is 7.79. The number of nitriles is 1. The van der Waals surface area contributed by atoms with Crippen LogP contribution >= 0.6 is 0 Å². The van der Waals surface area contributed by atoms with Crippen molar-refractivity contribution in [3.05, 3.63) is 17.8 Å². The molecule has 0 bridgehead atoms. The maximum atomic E-state index is 8.81. The van der Waals surface area contributed by atoms with Crippen molar-refractivity contribution in [2.75, 3.05) is 24.2 Å². The predicted molar refractivity (Wildman–Crippen MR) is 62.4 cm³/mol. The molecule has 5 heteroatoms. The summed E-state index contributed by atoms with van der Waals surface area (Å²) in [5, 5.41) is 10.9. The van der Waals surface area contributed by atoms with Gasteiger partial charge in [-0.05, 0) is 25.0 Å². The van der Waals surface area contributed by atoms with Crippen LogP contribution < -0.4 is 11.2 Å². The summed E-state index contributed by atoms with van der Waals surface area (Å²) in [6, 6.07) is 5.48. The second kappa shape index (κ2) is 4.81. The second-order valence-electron chi connectivity index (χ2n) is 3.91. The monoisotopic (exact) mass is 217 g/mol. The van der Waals surface area contributed by atoms with Crippen LogP contribution in [0.25, 0.3) is 0 Å². The van der Waals surface area contributed by atoms with E-state index in [9.17, 15) is 0 Å². The fourth-order valence-electron chi connectivity index (χ4n) is 1.79. The number of hydrogen-bond donors (Lipinski definition) is 2. The quantitative estimate of drug-likeness (QED) is 0.781. The van der Waals surface area contributed by atoms with E-state index in [1.165, 1.54) is 19.3 Å². The Kier molecular flexibility index (Phi) is 3.22. The zero-order chi connectivity index (χ0) is 11.4. The third-order valence-corrected chi connectivity index (χ3v) is 2.66. The van der Waals surface area contributed by atoms with Crippen molar-refractivity contribution in [1.29, 1.82) is 5.26 Å². The molecule has 0 aliphatic carbocycles. The highest BCUT2D eigenvalue weighted by Gasteiger charge is 2.10. The van der Waals surface area contributed by atoms with Gasteiger partial charge in [-0.15, -0.1) is 0 Å². The molecule has 84 valence electrons. The lowest BCUT2D eigenvalue weighted by molar-refractivity contribution is 0.272. The molecular weight excluding hydrogens is 202 g/mol. The van der Waals surface area contributed by atoms with Crippen LogP contribution in [0.5, 0.6) is 0 Å². The summed E-state index contributed by atoms with van der Waals surface area (Å²) in [6.07, 6.45) is 3.69. The summed E-state index contributed by atoms with van der Waals surface area (Å²) >= 11 is 0. The summed E-state index contributed by atoms with van der Waals surface area (Å²) in [4.78, 5) is 4.15. The minimum Gasteiger partial charge on any atom is -0.396 e. The lowest BCUT2D eigenvalue weighted by atomic mass is 10.2. The number of nitrogens with two attached hydrogens (primary N) is 1. The molecule has 0 aromatic carbocycles. The topological polar surface area (TPSA) is 78.0 Å². The molecular formula is C11H15N5. The summed E-state index contributed by atoms with van der Waals surface area (Å²) in [5.74, 6) is 0.688. The summed E-state index contributed by atoms with van der Waals surface area (Å²) in [6.45, 7) is 2.04. The van der Waals surface area contributed by atoms with Crippen LogP contribution in [0.4, 0.5) is 11.5 Å². The Hall–Kier alpha value is -1.80. The molecule has 0 saturated carbocycles. The van der Waals surface area contributed by atoms with Gasteiger partial charge >= 0.3 is 0 Å². The van der Waals surface area contributed by atoms with E-state index < -0.39 is 0 Å². The van der Waals surface area contributed by atoms with E-state index in [2.05, 4.69) is 15.4 Å². The van der Waals surface area contributed by atoms with Gasteiger partial charge in [-0.1, -0.05) is 6.42 Å². The summed E-state index contributed by atoms with van der Waals surface area (Å²) in [5.41, 5.74) is 9.51. The zero-order valence-corrected chi connectivity index (χ0v) is 9.11. The average Bonchev–Trinajstić information content (AvgIpc) is 2.33. The van der Waals surface area contributed by atoms with Gasteiger partial charge in [-0.25, -0.2) is 9.99 Å². The summed E-state index contributed by atoms with van der Waals surface area (Å²) in [7, 11) is 0. The van der Waals surface area contributed by atoms with E-state index in [1.54, 1.807) is 12.1 Å². The van der Waals surface area contributed by atoms with Crippen LogP contribution in [-0.4, -0.2) is 23.1 Å². The first-order valence-corrected chi connectivity index (χ1v) is 5.48. The average molecular weight is 217 g/mol. The fourth-order valence-corrected chi connectivity index (χ4v) is 1.79. The van der Waals surface area contributed by atoms with Crippen LogP contribution in [0.2, 0.25) is 0 Å². The number of aromatic nitrogens is 1. The molecule has 1 saturated heterocycles. The van der Waals surface area contributed by atoms with Crippen LogP contribution in [-0.2, 0) is 0 Å². The Balaban J connectivity index is 2.06. The molecule has 0 amide bonds. The van der Waals surface area contributed by atoms with Gasteiger partial charge in [-0.2, -0.15) is 5.26 Å². The Bertz CT molecular complexity index is 403. The number of nitrogen functional groups attached to an aromatic ring is 1. The predicted octanol–water partition coefficient (Wildman–Crippen LogP) is 1.35. The molecule has 1 fully saturated rings. The van der Waals surface area contributed by atoms with E-state index in [1.807, 2.05) is 6.07 Å². The molecule has 1 aliphatic heterocycles. The molecule has 0 spiro atoms. The van der Waals surface area contributed by atoms with Crippen molar-refractivity contribution in [2.45, 2.75) is 19.3 Å². The number of pyridine rings is 1. The fraction of sp³-hybridized carbons (Fsp3) is 0.455. The van der Waals surface area contributed by atoms with Crippen molar-refractivity contribution in [3.8, 4) is 6.07 Å². The number of hydrogen-bond acceptors (Lipinski definition) is 5. The molecule has 1 aliphatic rings. The van der Waals surface area contributed by atoms with Gasteiger partial charge in [0, 0.05) is 13.1 Å². The molecule has 1 aromatic rings. The number of rotatable bonds is 2. The van der Waals surface area contributed by atoms with Crippen molar-refractivity contribution < 1.29 is 0 Å². The van der Waals surface area contributed by atoms with Gasteiger partial charge in [-0.3, -0.25) is 0 Å². The minimum atomic E-state index is 0.280. The maximum Gasteiger partial charge on any atom is 0.165 e. The highest BCUT2D eigenvalue weighted by molar-refractivity contribution is 5.54. The molecule has 0 unspecified atom stereocenters. The normalized spacial score (nSPS) is 16.7. The van der Waals surface area contributed by atoms with Crippen LogP contribution in [0.3, 0.4) is 0 Å². The highest BCUT2D eigenvalue weighted by atomic mass is 15.5. The third-order valence-electron chi connectivity index (χ3n) is 2.66. The van der Waals surface area contributed by atoms with Crippen LogP contribution in [0.15, 0.2) is 12.1 Å². The molecule has 2 rings (SSSR count). The van der Waals surface area contributed by atoms with E-state index in [0.717, 1.165) is 13.1 Å². The number of hydrazine groups is 1. The largest absolute Gasteiger partial charge is 0.396 e. The smallest absolute Gasteiger partial charge is 0.165 e. The second-order valence-corrected chi connectivity index (χ2v) is 3.91. The van der Waals surface area contributed by atoms with E-state index in [4.69, 9.17) is 11.0 Å². The lowest BCUT2D eigenvalue weighted by Gasteiger charge is -2.27. The molecule has 16 heavy (non-hydrogen) atoms. The first-order valence-electron chi connectivity index (χ1n) is 5.48. The van der Waals surface area contributed by atoms with Crippen molar-refractivity contribution >= 4 is 11.5 Å². The Morgan fingerprint density at radius 3 is 2.75 bits per heavy atom. The van der Waals surface area contributed by atoms with Crippen molar-refractivity contribution in [3.63, 3.8) is 0 Å². The lowest BCUT2D eigenvalue weighted by Crippen LogP contribution is -2.35.